The summed E-state index contributed by atoms with van der Waals surface area (Å²) in [5.41, 5.74) is 0.000291. The van der Waals surface area contributed by atoms with Crippen molar-refractivity contribution in [3.63, 3.8) is 0 Å². The quantitative estimate of drug-likeness (QED) is 0.673. The summed E-state index contributed by atoms with van der Waals surface area (Å²) in [5, 5.41) is 1.02. The van der Waals surface area contributed by atoms with Crippen LogP contribution in [-0.4, -0.2) is 42.6 Å². The van der Waals surface area contributed by atoms with E-state index in [4.69, 9.17) is 4.74 Å². The van der Waals surface area contributed by atoms with Gasteiger partial charge in [-0.25, -0.2) is 0 Å². The van der Waals surface area contributed by atoms with Crippen molar-refractivity contribution in [1.29, 1.82) is 0 Å². The van der Waals surface area contributed by atoms with Gasteiger partial charge in [0, 0.05) is 25.0 Å². The van der Waals surface area contributed by atoms with Gasteiger partial charge in [0.2, 0.25) is 0 Å². The zero-order valence-electron chi connectivity index (χ0n) is 9.43. The van der Waals surface area contributed by atoms with Gasteiger partial charge >= 0.3 is 0 Å². The number of methoxy groups -OCH3 is 1. The topological polar surface area (TPSA) is 12.5 Å². The molecular weight excluding hydrogens is 230 g/mol. The second-order valence-corrected chi connectivity index (χ2v) is 4.85. The maximum atomic E-state index is 5.36. The van der Waals surface area contributed by atoms with Gasteiger partial charge < -0.3 is 9.64 Å². The van der Waals surface area contributed by atoms with Gasteiger partial charge in [0.1, 0.15) is 0 Å². The van der Waals surface area contributed by atoms with Crippen molar-refractivity contribution in [3.8, 4) is 0 Å². The molecule has 0 aliphatic carbocycles. The Kier molecular flexibility index (Phi) is 6.18. The van der Waals surface area contributed by atoms with Crippen molar-refractivity contribution in [1.82, 2.24) is 4.90 Å². The molecule has 0 aliphatic heterocycles. The molecule has 0 spiro atoms. The Morgan fingerprint density at radius 1 is 1.46 bits per heavy atom. The van der Waals surface area contributed by atoms with Gasteiger partial charge in [0.25, 0.3) is 0 Å². The molecule has 0 saturated heterocycles. The first kappa shape index (κ1) is 13.4. The van der Waals surface area contributed by atoms with E-state index in [0.717, 1.165) is 18.3 Å². The first-order valence-electron chi connectivity index (χ1n) is 4.74. The fraction of sp³-hybridized carbons (Fsp3) is 1.00. The summed E-state index contributed by atoms with van der Waals surface area (Å²) in [5.74, 6) is 0. The summed E-state index contributed by atoms with van der Waals surface area (Å²) in [6.45, 7) is 7.54. The standard InChI is InChI=1S/C10H22BrNO/c1-9(8-11)12(4)7-6-10(2,3)13-5/h9H,6-8H2,1-5H3. The van der Waals surface area contributed by atoms with Crippen LogP contribution >= 0.6 is 15.9 Å². The predicted molar refractivity (Wildman–Crippen MR) is 61.6 cm³/mol. The molecule has 0 radical (unpaired) electrons. The van der Waals surface area contributed by atoms with Crippen molar-refractivity contribution in [2.75, 3.05) is 26.0 Å². The van der Waals surface area contributed by atoms with E-state index in [1.165, 1.54) is 0 Å². The summed E-state index contributed by atoms with van der Waals surface area (Å²) in [7, 11) is 3.92. The lowest BCUT2D eigenvalue weighted by molar-refractivity contribution is 0.00751. The molecule has 0 aliphatic rings. The zero-order chi connectivity index (χ0) is 10.5. The van der Waals surface area contributed by atoms with Crippen molar-refractivity contribution in [2.24, 2.45) is 0 Å². The average molecular weight is 252 g/mol. The number of ether oxygens (including phenoxy) is 1. The highest BCUT2D eigenvalue weighted by Gasteiger charge is 2.18. The Hall–Kier alpha value is 0.400. The largest absolute Gasteiger partial charge is 0.379 e. The number of hydrogen-bond donors (Lipinski definition) is 0. The Morgan fingerprint density at radius 3 is 2.38 bits per heavy atom. The third-order valence-corrected chi connectivity index (χ3v) is 3.53. The Morgan fingerprint density at radius 2 is 2.00 bits per heavy atom. The van der Waals surface area contributed by atoms with Crippen molar-refractivity contribution in [3.05, 3.63) is 0 Å². The van der Waals surface area contributed by atoms with E-state index in [2.05, 4.69) is 48.6 Å². The highest BCUT2D eigenvalue weighted by molar-refractivity contribution is 9.09. The predicted octanol–water partition coefficient (Wildman–Crippen LogP) is 2.52. The lowest BCUT2D eigenvalue weighted by Crippen LogP contribution is -2.35. The molecule has 2 nitrogen and oxygen atoms in total. The number of rotatable bonds is 6. The molecule has 0 saturated carbocycles. The maximum absolute atomic E-state index is 5.36. The molecule has 1 atom stereocenters. The third kappa shape index (κ3) is 5.66. The summed E-state index contributed by atoms with van der Waals surface area (Å²) in [6, 6.07) is 0.590. The minimum absolute atomic E-state index is 0.000291. The van der Waals surface area contributed by atoms with Crippen molar-refractivity contribution >= 4 is 15.9 Å². The summed E-state index contributed by atoms with van der Waals surface area (Å²) < 4.78 is 5.36. The van der Waals surface area contributed by atoms with Crippen LogP contribution in [0.1, 0.15) is 27.2 Å². The molecule has 80 valence electrons. The maximum Gasteiger partial charge on any atom is 0.0634 e. The second kappa shape index (κ2) is 5.99. The van der Waals surface area contributed by atoms with Crippen LogP contribution in [0.15, 0.2) is 0 Å². The SMILES string of the molecule is COC(C)(C)CCN(C)C(C)CBr. The average Bonchev–Trinajstić information content (AvgIpc) is 2.13. The van der Waals surface area contributed by atoms with Crippen LogP contribution in [-0.2, 0) is 4.74 Å². The van der Waals surface area contributed by atoms with Gasteiger partial charge in [-0.2, -0.15) is 0 Å². The van der Waals surface area contributed by atoms with Crippen LogP contribution in [0.25, 0.3) is 0 Å². The fourth-order valence-electron chi connectivity index (χ4n) is 0.886. The van der Waals surface area contributed by atoms with E-state index in [0.29, 0.717) is 6.04 Å². The van der Waals surface area contributed by atoms with Crippen LogP contribution in [0.2, 0.25) is 0 Å². The fourth-order valence-corrected chi connectivity index (χ4v) is 1.38. The summed E-state index contributed by atoms with van der Waals surface area (Å²) >= 11 is 3.48. The van der Waals surface area contributed by atoms with Gasteiger partial charge in [-0.05, 0) is 34.2 Å². The van der Waals surface area contributed by atoms with E-state index in [-0.39, 0.29) is 5.60 Å². The first-order chi connectivity index (χ1) is 5.93. The Balaban J connectivity index is 3.75. The van der Waals surface area contributed by atoms with Crippen LogP contribution < -0.4 is 0 Å². The lowest BCUT2D eigenvalue weighted by Gasteiger charge is -2.28. The second-order valence-electron chi connectivity index (χ2n) is 4.20. The molecule has 0 amide bonds. The molecule has 0 aromatic heterocycles. The number of hydrogen-bond acceptors (Lipinski definition) is 2. The zero-order valence-corrected chi connectivity index (χ0v) is 11.0. The van der Waals surface area contributed by atoms with Gasteiger partial charge in [-0.1, -0.05) is 15.9 Å². The van der Waals surface area contributed by atoms with E-state index >= 15 is 0 Å². The molecule has 3 heteroatoms. The normalized spacial score (nSPS) is 15.0. The van der Waals surface area contributed by atoms with Crippen LogP contribution in [0, 0.1) is 0 Å². The van der Waals surface area contributed by atoms with Crippen molar-refractivity contribution < 1.29 is 4.74 Å². The Labute approximate surface area is 90.8 Å². The van der Waals surface area contributed by atoms with Gasteiger partial charge in [-0.3, -0.25) is 0 Å². The summed E-state index contributed by atoms with van der Waals surface area (Å²) in [4.78, 5) is 2.34. The monoisotopic (exact) mass is 251 g/mol. The molecule has 0 aromatic carbocycles. The molecule has 0 fully saturated rings. The third-order valence-electron chi connectivity index (χ3n) is 2.59. The van der Waals surface area contributed by atoms with Gasteiger partial charge in [0.15, 0.2) is 0 Å². The smallest absolute Gasteiger partial charge is 0.0634 e. The molecule has 0 rings (SSSR count). The molecule has 1 unspecified atom stereocenters. The number of nitrogens with zero attached hydrogens (tertiary/aromatic N) is 1. The molecular formula is C10H22BrNO. The molecule has 0 aromatic rings. The lowest BCUT2D eigenvalue weighted by atomic mass is 10.0. The van der Waals surface area contributed by atoms with Gasteiger partial charge in [-0.15, -0.1) is 0 Å². The van der Waals surface area contributed by atoms with Crippen molar-refractivity contribution in [2.45, 2.75) is 38.8 Å². The first-order valence-corrected chi connectivity index (χ1v) is 5.86. The van der Waals surface area contributed by atoms with E-state index in [1.807, 2.05) is 0 Å². The summed E-state index contributed by atoms with van der Waals surface area (Å²) in [6.07, 6.45) is 1.07. The highest BCUT2D eigenvalue weighted by Crippen LogP contribution is 2.14. The number of alkyl halides is 1. The number of halogens is 1. The molecule has 0 heterocycles. The minimum Gasteiger partial charge on any atom is -0.379 e. The van der Waals surface area contributed by atoms with Crippen LogP contribution in [0.3, 0.4) is 0 Å². The Bertz CT molecular complexity index is 139. The van der Waals surface area contributed by atoms with E-state index in [9.17, 15) is 0 Å². The molecule has 13 heavy (non-hydrogen) atoms. The highest BCUT2D eigenvalue weighted by atomic mass is 79.9. The van der Waals surface area contributed by atoms with Crippen LogP contribution in [0.4, 0.5) is 0 Å². The molecule has 0 bridgehead atoms. The van der Waals surface area contributed by atoms with Crippen LogP contribution in [0.5, 0.6) is 0 Å². The minimum atomic E-state index is 0.000291. The van der Waals surface area contributed by atoms with E-state index < -0.39 is 0 Å². The molecule has 0 N–H and O–H groups in total. The van der Waals surface area contributed by atoms with E-state index in [1.54, 1.807) is 7.11 Å². The van der Waals surface area contributed by atoms with Gasteiger partial charge in [0.05, 0.1) is 5.60 Å².